The smallest absolute Gasteiger partial charge is 0.313 e. The topological polar surface area (TPSA) is 66.4 Å². The molecule has 0 heterocycles. The van der Waals surface area contributed by atoms with E-state index in [1.54, 1.807) is 13.8 Å². The molecular formula is C7H13NO3S. The zero-order chi connectivity index (χ0) is 9.56. The fraction of sp³-hybridized carbons (Fsp3) is 0.714. The molecule has 70 valence electrons. The molecule has 12 heavy (non-hydrogen) atoms. The van der Waals surface area contributed by atoms with Crippen LogP contribution in [0.2, 0.25) is 0 Å². The highest BCUT2D eigenvalue weighted by atomic mass is 32.2. The molecule has 0 aromatic carbocycles. The standard InChI is InChI=1S/C7H13NO3S/c1-3-6(9)8-5(2)12-4-7(10)11/h5H,3-4H2,1-2H3,(H,8,9)(H,10,11). The molecule has 0 aliphatic rings. The third-order valence-electron chi connectivity index (χ3n) is 1.14. The average Bonchev–Trinajstić information content (AvgIpc) is 2.00. The Bertz CT molecular complexity index is 172. The highest BCUT2D eigenvalue weighted by molar-refractivity contribution is 8.00. The van der Waals surface area contributed by atoms with Crippen LogP contribution in [0, 0.1) is 0 Å². The summed E-state index contributed by atoms with van der Waals surface area (Å²) >= 11 is 1.20. The van der Waals surface area contributed by atoms with E-state index >= 15 is 0 Å². The van der Waals surface area contributed by atoms with Crippen LogP contribution in [0.5, 0.6) is 0 Å². The van der Waals surface area contributed by atoms with Crippen molar-refractivity contribution in [3.05, 3.63) is 0 Å². The van der Waals surface area contributed by atoms with Gasteiger partial charge < -0.3 is 10.4 Å². The van der Waals surface area contributed by atoms with Crippen molar-refractivity contribution in [2.45, 2.75) is 25.6 Å². The first-order valence-electron chi connectivity index (χ1n) is 3.69. The molecule has 0 aliphatic heterocycles. The van der Waals surface area contributed by atoms with Gasteiger partial charge in [-0.15, -0.1) is 11.8 Å². The summed E-state index contributed by atoms with van der Waals surface area (Å²) in [5.74, 6) is -0.900. The SMILES string of the molecule is CCC(=O)NC(C)SCC(=O)O. The number of carbonyl (C=O) groups is 2. The molecule has 0 aliphatic carbocycles. The predicted octanol–water partition coefficient (Wildman–Crippen LogP) is 0.676. The second-order valence-electron chi connectivity index (χ2n) is 2.27. The van der Waals surface area contributed by atoms with Crippen LogP contribution in [0.3, 0.4) is 0 Å². The number of carboxylic acid groups (broad SMARTS) is 1. The van der Waals surface area contributed by atoms with E-state index in [4.69, 9.17) is 5.11 Å². The average molecular weight is 191 g/mol. The van der Waals surface area contributed by atoms with Crippen LogP contribution in [0.4, 0.5) is 0 Å². The van der Waals surface area contributed by atoms with Crippen LogP contribution < -0.4 is 5.32 Å². The first-order valence-corrected chi connectivity index (χ1v) is 4.74. The lowest BCUT2D eigenvalue weighted by Gasteiger charge is -2.10. The van der Waals surface area contributed by atoms with Crippen LogP contribution in [0.15, 0.2) is 0 Å². The third-order valence-corrected chi connectivity index (χ3v) is 2.17. The number of hydrogen-bond donors (Lipinski definition) is 2. The first kappa shape index (κ1) is 11.3. The zero-order valence-electron chi connectivity index (χ0n) is 7.16. The Morgan fingerprint density at radius 2 is 2.17 bits per heavy atom. The van der Waals surface area contributed by atoms with E-state index in [0.717, 1.165) is 0 Å². The highest BCUT2D eigenvalue weighted by Gasteiger charge is 2.07. The van der Waals surface area contributed by atoms with Gasteiger partial charge >= 0.3 is 5.97 Å². The monoisotopic (exact) mass is 191 g/mol. The summed E-state index contributed by atoms with van der Waals surface area (Å²) in [6, 6.07) is 0. The second-order valence-corrected chi connectivity index (χ2v) is 3.60. The molecule has 0 bridgehead atoms. The Labute approximate surface area is 75.7 Å². The van der Waals surface area contributed by atoms with E-state index in [-0.39, 0.29) is 17.0 Å². The minimum Gasteiger partial charge on any atom is -0.481 e. The Morgan fingerprint density at radius 3 is 2.58 bits per heavy atom. The van der Waals surface area contributed by atoms with Crippen molar-refractivity contribution in [3.63, 3.8) is 0 Å². The molecule has 1 unspecified atom stereocenters. The number of carbonyl (C=O) groups excluding carboxylic acids is 1. The van der Waals surface area contributed by atoms with Crippen LogP contribution in [-0.2, 0) is 9.59 Å². The summed E-state index contributed by atoms with van der Waals surface area (Å²) in [7, 11) is 0. The molecule has 0 saturated carbocycles. The van der Waals surface area contributed by atoms with Crippen molar-refractivity contribution in [1.29, 1.82) is 0 Å². The van der Waals surface area contributed by atoms with E-state index in [0.29, 0.717) is 6.42 Å². The molecule has 0 radical (unpaired) electrons. The van der Waals surface area contributed by atoms with E-state index in [2.05, 4.69) is 5.32 Å². The summed E-state index contributed by atoms with van der Waals surface area (Å²) < 4.78 is 0. The molecule has 4 nitrogen and oxygen atoms in total. The lowest BCUT2D eigenvalue weighted by atomic mass is 10.4. The summed E-state index contributed by atoms with van der Waals surface area (Å²) in [4.78, 5) is 20.9. The fourth-order valence-corrected chi connectivity index (χ4v) is 1.17. The number of amides is 1. The van der Waals surface area contributed by atoms with Gasteiger partial charge in [0.25, 0.3) is 0 Å². The van der Waals surface area contributed by atoms with Gasteiger partial charge in [-0.25, -0.2) is 0 Å². The minimum absolute atomic E-state index is 0.0190. The van der Waals surface area contributed by atoms with E-state index < -0.39 is 5.97 Å². The highest BCUT2D eigenvalue weighted by Crippen LogP contribution is 2.06. The zero-order valence-corrected chi connectivity index (χ0v) is 7.98. The Balaban J connectivity index is 3.52. The van der Waals surface area contributed by atoms with E-state index in [1.165, 1.54) is 11.8 Å². The van der Waals surface area contributed by atoms with Crippen LogP contribution in [-0.4, -0.2) is 28.1 Å². The Hall–Kier alpha value is -0.710. The van der Waals surface area contributed by atoms with Crippen molar-refractivity contribution in [2.75, 3.05) is 5.75 Å². The van der Waals surface area contributed by atoms with Crippen LogP contribution in [0.25, 0.3) is 0 Å². The normalized spacial score (nSPS) is 12.2. The minimum atomic E-state index is -0.863. The van der Waals surface area contributed by atoms with Crippen LogP contribution in [0.1, 0.15) is 20.3 Å². The van der Waals surface area contributed by atoms with Crippen molar-refractivity contribution in [2.24, 2.45) is 0 Å². The van der Waals surface area contributed by atoms with Gasteiger partial charge in [-0.05, 0) is 6.92 Å². The second kappa shape index (κ2) is 5.88. The number of thioether (sulfide) groups is 1. The fourth-order valence-electron chi connectivity index (χ4n) is 0.567. The maximum atomic E-state index is 10.8. The lowest BCUT2D eigenvalue weighted by molar-refractivity contribution is -0.134. The molecular weight excluding hydrogens is 178 g/mol. The molecule has 0 spiro atoms. The van der Waals surface area contributed by atoms with Gasteiger partial charge in [-0.2, -0.15) is 0 Å². The Kier molecular flexibility index (Phi) is 5.53. The molecule has 2 N–H and O–H groups in total. The molecule has 0 rings (SSSR count). The van der Waals surface area contributed by atoms with Gasteiger partial charge in [-0.3, -0.25) is 9.59 Å². The number of rotatable bonds is 5. The lowest BCUT2D eigenvalue weighted by Crippen LogP contribution is -2.30. The predicted molar refractivity (Wildman–Crippen MR) is 48.0 cm³/mol. The quantitative estimate of drug-likeness (QED) is 0.627. The number of nitrogens with one attached hydrogen (secondary N) is 1. The number of carboxylic acids is 1. The molecule has 1 atom stereocenters. The molecule has 0 fully saturated rings. The van der Waals surface area contributed by atoms with Crippen molar-refractivity contribution in [3.8, 4) is 0 Å². The van der Waals surface area contributed by atoms with Crippen molar-refractivity contribution in [1.82, 2.24) is 5.32 Å². The van der Waals surface area contributed by atoms with Gasteiger partial charge in [0.1, 0.15) is 0 Å². The van der Waals surface area contributed by atoms with Gasteiger partial charge in [0.15, 0.2) is 0 Å². The maximum absolute atomic E-state index is 10.8. The largest absolute Gasteiger partial charge is 0.481 e. The Morgan fingerprint density at radius 1 is 1.58 bits per heavy atom. The number of aliphatic carboxylic acids is 1. The molecule has 0 saturated heterocycles. The van der Waals surface area contributed by atoms with Crippen molar-refractivity contribution >= 4 is 23.6 Å². The molecule has 1 amide bonds. The summed E-state index contributed by atoms with van der Waals surface area (Å²) in [6.07, 6.45) is 0.429. The summed E-state index contributed by atoms with van der Waals surface area (Å²) in [5, 5.41) is 10.8. The van der Waals surface area contributed by atoms with Gasteiger partial charge in [-0.1, -0.05) is 6.92 Å². The molecule has 5 heteroatoms. The molecule has 0 aromatic rings. The third kappa shape index (κ3) is 6.03. The number of hydrogen-bond acceptors (Lipinski definition) is 3. The van der Waals surface area contributed by atoms with E-state index in [1.807, 2.05) is 0 Å². The van der Waals surface area contributed by atoms with Crippen LogP contribution >= 0.6 is 11.8 Å². The van der Waals surface area contributed by atoms with Crippen molar-refractivity contribution < 1.29 is 14.7 Å². The maximum Gasteiger partial charge on any atom is 0.313 e. The summed E-state index contributed by atoms with van der Waals surface area (Å²) in [5.41, 5.74) is 0. The first-order chi connectivity index (χ1) is 5.56. The van der Waals surface area contributed by atoms with Gasteiger partial charge in [0.2, 0.25) is 5.91 Å². The van der Waals surface area contributed by atoms with Gasteiger partial charge in [0, 0.05) is 6.42 Å². The van der Waals surface area contributed by atoms with Gasteiger partial charge in [0.05, 0.1) is 11.1 Å². The van der Waals surface area contributed by atoms with E-state index in [9.17, 15) is 9.59 Å². The molecule has 0 aromatic heterocycles. The summed E-state index contributed by atoms with van der Waals surface area (Å²) in [6.45, 7) is 3.52.